The van der Waals surface area contributed by atoms with Gasteiger partial charge in [-0.05, 0) is 29.9 Å². The van der Waals surface area contributed by atoms with Gasteiger partial charge >= 0.3 is 0 Å². The Hall–Kier alpha value is -1.93. The van der Waals surface area contributed by atoms with Crippen LogP contribution < -0.4 is 10.6 Å². The minimum absolute atomic E-state index is 0.357. The SMILES string of the molecule is CN=C(NCC(c1cccs1)N1CCOCC1)NC1CCN(Cc2ccccc2)CC1. The van der Waals surface area contributed by atoms with Gasteiger partial charge in [0.15, 0.2) is 5.96 Å². The minimum Gasteiger partial charge on any atom is -0.379 e. The zero-order valence-corrected chi connectivity index (χ0v) is 19.3. The minimum atomic E-state index is 0.357. The summed E-state index contributed by atoms with van der Waals surface area (Å²) in [6.45, 7) is 7.74. The van der Waals surface area contributed by atoms with Crippen LogP contribution in [-0.2, 0) is 11.3 Å². The van der Waals surface area contributed by atoms with Crippen LogP contribution in [0.2, 0.25) is 0 Å². The van der Waals surface area contributed by atoms with E-state index in [1.165, 1.54) is 10.4 Å². The van der Waals surface area contributed by atoms with Crippen molar-refractivity contribution in [3.05, 3.63) is 58.3 Å². The number of thiophene rings is 1. The highest BCUT2D eigenvalue weighted by atomic mass is 32.1. The van der Waals surface area contributed by atoms with E-state index in [1.54, 1.807) is 0 Å². The highest BCUT2D eigenvalue weighted by Crippen LogP contribution is 2.25. The fraction of sp³-hybridized carbons (Fsp3) is 0.542. The van der Waals surface area contributed by atoms with Gasteiger partial charge in [0.2, 0.25) is 0 Å². The Balaban J connectivity index is 1.25. The average molecular weight is 442 g/mol. The van der Waals surface area contributed by atoms with E-state index in [4.69, 9.17) is 4.74 Å². The van der Waals surface area contributed by atoms with E-state index in [-0.39, 0.29) is 0 Å². The molecule has 2 aliphatic rings. The van der Waals surface area contributed by atoms with Crippen molar-refractivity contribution in [2.24, 2.45) is 4.99 Å². The number of guanidine groups is 1. The number of rotatable bonds is 7. The molecule has 1 aromatic carbocycles. The molecule has 0 saturated carbocycles. The lowest BCUT2D eigenvalue weighted by Crippen LogP contribution is -2.50. The average Bonchev–Trinajstić information content (AvgIpc) is 3.36. The Morgan fingerprint density at radius 2 is 1.87 bits per heavy atom. The normalized spacial score (nSPS) is 20.5. The number of morpholine rings is 1. The first kappa shape index (κ1) is 22.3. The van der Waals surface area contributed by atoms with Crippen molar-refractivity contribution in [2.75, 3.05) is 53.0 Å². The van der Waals surface area contributed by atoms with E-state index in [0.29, 0.717) is 12.1 Å². The van der Waals surface area contributed by atoms with Crippen LogP contribution in [0.5, 0.6) is 0 Å². The van der Waals surface area contributed by atoms with Crippen LogP contribution in [0.4, 0.5) is 0 Å². The molecule has 2 aromatic rings. The van der Waals surface area contributed by atoms with Crippen LogP contribution in [0, 0.1) is 0 Å². The highest BCUT2D eigenvalue weighted by Gasteiger charge is 2.25. The molecule has 1 atom stereocenters. The second-order valence-electron chi connectivity index (χ2n) is 8.31. The molecule has 4 rings (SSSR count). The highest BCUT2D eigenvalue weighted by molar-refractivity contribution is 7.10. The fourth-order valence-corrected chi connectivity index (χ4v) is 5.30. The molecule has 0 bridgehead atoms. The van der Waals surface area contributed by atoms with Crippen molar-refractivity contribution >= 4 is 17.3 Å². The van der Waals surface area contributed by atoms with E-state index in [2.05, 4.69) is 73.3 Å². The van der Waals surface area contributed by atoms with E-state index in [1.807, 2.05) is 18.4 Å². The lowest BCUT2D eigenvalue weighted by atomic mass is 10.0. The van der Waals surface area contributed by atoms with Crippen molar-refractivity contribution in [1.82, 2.24) is 20.4 Å². The molecule has 2 saturated heterocycles. The third-order valence-electron chi connectivity index (χ3n) is 6.22. The number of nitrogens with one attached hydrogen (secondary N) is 2. The molecule has 7 heteroatoms. The van der Waals surface area contributed by atoms with E-state index in [0.717, 1.165) is 71.3 Å². The summed E-state index contributed by atoms with van der Waals surface area (Å²) >= 11 is 1.83. The summed E-state index contributed by atoms with van der Waals surface area (Å²) < 4.78 is 5.56. The van der Waals surface area contributed by atoms with E-state index in [9.17, 15) is 0 Å². The Morgan fingerprint density at radius 1 is 1.10 bits per heavy atom. The summed E-state index contributed by atoms with van der Waals surface area (Å²) in [5, 5.41) is 9.43. The van der Waals surface area contributed by atoms with Gasteiger partial charge in [0.05, 0.1) is 19.3 Å². The standard InChI is InChI=1S/C24H35N5OS/c1-25-24(26-18-22(23-8-5-17-31-23)29-13-15-30-16-14-29)27-21-9-11-28(12-10-21)19-20-6-3-2-4-7-20/h2-8,17,21-22H,9-16,18-19H2,1H3,(H2,25,26,27). The number of ether oxygens (including phenoxy) is 1. The topological polar surface area (TPSA) is 52.1 Å². The first-order valence-corrected chi connectivity index (χ1v) is 12.3. The molecule has 2 aliphatic heterocycles. The van der Waals surface area contributed by atoms with Crippen LogP contribution in [0.25, 0.3) is 0 Å². The van der Waals surface area contributed by atoms with E-state index >= 15 is 0 Å². The van der Waals surface area contributed by atoms with E-state index < -0.39 is 0 Å². The van der Waals surface area contributed by atoms with Crippen LogP contribution in [0.3, 0.4) is 0 Å². The third kappa shape index (κ3) is 6.53. The van der Waals surface area contributed by atoms with Crippen molar-refractivity contribution in [3.8, 4) is 0 Å². The number of piperidine rings is 1. The van der Waals surface area contributed by atoms with Crippen molar-refractivity contribution in [3.63, 3.8) is 0 Å². The number of hydrogen-bond acceptors (Lipinski definition) is 5. The molecule has 0 radical (unpaired) electrons. The van der Waals surface area contributed by atoms with Crippen molar-refractivity contribution in [2.45, 2.75) is 31.5 Å². The van der Waals surface area contributed by atoms with Gasteiger partial charge in [-0.15, -0.1) is 11.3 Å². The zero-order chi connectivity index (χ0) is 21.3. The molecule has 0 aliphatic carbocycles. The van der Waals surface area contributed by atoms with Gasteiger partial charge in [0.25, 0.3) is 0 Å². The summed E-state index contributed by atoms with van der Waals surface area (Å²) in [4.78, 5) is 11.0. The molecule has 1 unspecified atom stereocenters. The molecule has 168 valence electrons. The van der Waals surface area contributed by atoms with Crippen molar-refractivity contribution in [1.29, 1.82) is 0 Å². The molecule has 0 spiro atoms. The molecule has 31 heavy (non-hydrogen) atoms. The van der Waals surface area contributed by atoms with Crippen LogP contribution >= 0.6 is 11.3 Å². The number of nitrogens with zero attached hydrogens (tertiary/aromatic N) is 3. The maximum Gasteiger partial charge on any atom is 0.191 e. The van der Waals surface area contributed by atoms with Crippen LogP contribution in [-0.4, -0.2) is 74.8 Å². The lowest BCUT2D eigenvalue weighted by molar-refractivity contribution is 0.0177. The second kappa shape index (κ2) is 11.6. The smallest absolute Gasteiger partial charge is 0.191 e. The number of hydrogen-bond donors (Lipinski definition) is 2. The monoisotopic (exact) mass is 441 g/mol. The number of benzene rings is 1. The Labute approximate surface area is 190 Å². The van der Waals surface area contributed by atoms with Gasteiger partial charge < -0.3 is 15.4 Å². The molecule has 0 amide bonds. The zero-order valence-electron chi connectivity index (χ0n) is 18.5. The largest absolute Gasteiger partial charge is 0.379 e. The fourth-order valence-electron chi connectivity index (χ4n) is 4.44. The summed E-state index contributed by atoms with van der Waals surface area (Å²) in [5.74, 6) is 0.913. The van der Waals surface area contributed by atoms with Gasteiger partial charge in [-0.2, -0.15) is 0 Å². The molecular weight excluding hydrogens is 406 g/mol. The number of aliphatic imine (C=N–C) groups is 1. The Kier molecular flexibility index (Phi) is 8.35. The maximum atomic E-state index is 5.56. The molecule has 3 heterocycles. The molecule has 2 N–H and O–H groups in total. The van der Waals surface area contributed by atoms with Gasteiger partial charge in [0.1, 0.15) is 0 Å². The lowest BCUT2D eigenvalue weighted by Gasteiger charge is -2.35. The predicted molar refractivity (Wildman–Crippen MR) is 129 cm³/mol. The quantitative estimate of drug-likeness (QED) is 0.511. The van der Waals surface area contributed by atoms with Crippen molar-refractivity contribution < 1.29 is 4.74 Å². The van der Waals surface area contributed by atoms with Crippen LogP contribution in [0.1, 0.15) is 29.3 Å². The molecule has 1 aromatic heterocycles. The first-order valence-electron chi connectivity index (χ1n) is 11.4. The third-order valence-corrected chi connectivity index (χ3v) is 7.20. The number of likely N-dealkylation sites (tertiary alicyclic amines) is 1. The van der Waals surface area contributed by atoms with Crippen LogP contribution in [0.15, 0.2) is 52.8 Å². The molecular formula is C24H35N5OS. The maximum absolute atomic E-state index is 5.56. The van der Waals surface area contributed by atoms with Gasteiger partial charge in [-0.1, -0.05) is 36.4 Å². The summed E-state index contributed by atoms with van der Waals surface area (Å²) in [6, 6.07) is 16.0. The Morgan fingerprint density at radius 3 is 2.55 bits per heavy atom. The summed E-state index contributed by atoms with van der Waals surface area (Å²) in [7, 11) is 1.87. The van der Waals surface area contributed by atoms with Gasteiger partial charge in [-0.3, -0.25) is 14.8 Å². The molecule has 2 fully saturated rings. The summed E-state index contributed by atoms with van der Waals surface area (Å²) in [5.41, 5.74) is 1.40. The second-order valence-corrected chi connectivity index (χ2v) is 9.29. The summed E-state index contributed by atoms with van der Waals surface area (Å²) in [6.07, 6.45) is 2.29. The Bertz CT molecular complexity index is 784. The first-order chi connectivity index (χ1) is 15.3. The van der Waals surface area contributed by atoms with Gasteiger partial charge in [0, 0.05) is 57.2 Å². The predicted octanol–water partition coefficient (Wildman–Crippen LogP) is 2.95. The van der Waals surface area contributed by atoms with Gasteiger partial charge in [-0.25, -0.2) is 0 Å². The molecule has 6 nitrogen and oxygen atoms in total.